The Morgan fingerprint density at radius 3 is 2.50 bits per heavy atom. The maximum absolute atomic E-state index is 11.6. The maximum Gasteiger partial charge on any atom is 0.223 e. The zero-order valence-corrected chi connectivity index (χ0v) is 10.8. The minimum absolute atomic E-state index is 0.0140. The van der Waals surface area contributed by atoms with Gasteiger partial charge in [-0.25, -0.2) is 0 Å². The lowest BCUT2D eigenvalue weighted by Crippen LogP contribution is -2.36. The van der Waals surface area contributed by atoms with Crippen LogP contribution in [0.4, 0.5) is 0 Å². The fourth-order valence-electron chi connectivity index (χ4n) is 1.45. The SMILES string of the molecule is COCCC(C)C(=O)NCC(O)CC(C)C. The number of nitrogens with one attached hydrogen (secondary N) is 1. The number of carbonyl (C=O) groups is 1. The highest BCUT2D eigenvalue weighted by atomic mass is 16.5. The molecule has 0 aromatic heterocycles. The molecule has 0 saturated heterocycles. The van der Waals surface area contributed by atoms with Gasteiger partial charge < -0.3 is 15.2 Å². The Kier molecular flexibility index (Phi) is 8.21. The van der Waals surface area contributed by atoms with Gasteiger partial charge in [-0.1, -0.05) is 20.8 Å². The number of ether oxygens (including phenoxy) is 1. The maximum atomic E-state index is 11.6. The molecule has 96 valence electrons. The highest BCUT2D eigenvalue weighted by Gasteiger charge is 2.14. The molecule has 0 fully saturated rings. The van der Waals surface area contributed by atoms with E-state index in [0.29, 0.717) is 31.9 Å². The van der Waals surface area contributed by atoms with E-state index in [1.165, 1.54) is 0 Å². The predicted octanol–water partition coefficient (Wildman–Crippen LogP) is 1.18. The molecule has 2 N–H and O–H groups in total. The molecule has 0 radical (unpaired) electrons. The van der Waals surface area contributed by atoms with Crippen molar-refractivity contribution in [1.29, 1.82) is 0 Å². The van der Waals surface area contributed by atoms with Crippen molar-refractivity contribution < 1.29 is 14.6 Å². The number of aliphatic hydroxyl groups excluding tert-OH is 1. The summed E-state index contributed by atoms with van der Waals surface area (Å²) < 4.78 is 4.91. The quantitative estimate of drug-likeness (QED) is 0.659. The first-order valence-corrected chi connectivity index (χ1v) is 5.92. The summed E-state index contributed by atoms with van der Waals surface area (Å²) in [5, 5.41) is 12.3. The summed E-state index contributed by atoms with van der Waals surface area (Å²) in [5.74, 6) is 0.365. The van der Waals surface area contributed by atoms with E-state index < -0.39 is 6.10 Å². The molecule has 0 aliphatic heterocycles. The fourth-order valence-corrected chi connectivity index (χ4v) is 1.45. The molecule has 4 nitrogen and oxygen atoms in total. The molecule has 0 saturated carbocycles. The number of aliphatic hydroxyl groups is 1. The smallest absolute Gasteiger partial charge is 0.223 e. The first kappa shape index (κ1) is 15.4. The van der Waals surface area contributed by atoms with E-state index in [4.69, 9.17) is 4.74 Å². The van der Waals surface area contributed by atoms with Crippen molar-refractivity contribution >= 4 is 5.91 Å². The van der Waals surface area contributed by atoms with E-state index in [-0.39, 0.29) is 11.8 Å². The van der Waals surface area contributed by atoms with Crippen LogP contribution in [0.15, 0.2) is 0 Å². The van der Waals surface area contributed by atoms with Crippen molar-refractivity contribution in [2.45, 2.75) is 39.7 Å². The van der Waals surface area contributed by atoms with E-state index in [1.54, 1.807) is 7.11 Å². The van der Waals surface area contributed by atoms with Crippen molar-refractivity contribution in [3.05, 3.63) is 0 Å². The van der Waals surface area contributed by atoms with Crippen LogP contribution < -0.4 is 5.32 Å². The molecule has 0 aliphatic rings. The third-order valence-corrected chi connectivity index (χ3v) is 2.46. The summed E-state index contributed by atoms with van der Waals surface area (Å²) in [6.07, 6.45) is 0.980. The molecule has 16 heavy (non-hydrogen) atoms. The summed E-state index contributed by atoms with van der Waals surface area (Å²) in [6.45, 7) is 6.89. The molecular formula is C12H25NO3. The van der Waals surface area contributed by atoms with Crippen molar-refractivity contribution in [1.82, 2.24) is 5.32 Å². The summed E-state index contributed by atoms with van der Waals surface area (Å²) >= 11 is 0. The molecule has 0 aliphatic carbocycles. The fraction of sp³-hybridized carbons (Fsp3) is 0.917. The first-order chi connectivity index (χ1) is 7.47. The van der Waals surface area contributed by atoms with Gasteiger partial charge in [0.1, 0.15) is 0 Å². The first-order valence-electron chi connectivity index (χ1n) is 5.92. The number of amides is 1. The standard InChI is InChI=1S/C12H25NO3/c1-9(2)7-11(14)8-13-12(15)10(3)5-6-16-4/h9-11,14H,5-8H2,1-4H3,(H,13,15). The molecule has 4 heteroatoms. The number of hydrogen-bond donors (Lipinski definition) is 2. The Labute approximate surface area is 98.4 Å². The van der Waals surface area contributed by atoms with Crippen molar-refractivity contribution in [2.75, 3.05) is 20.3 Å². The van der Waals surface area contributed by atoms with Gasteiger partial charge in [-0.2, -0.15) is 0 Å². The lowest BCUT2D eigenvalue weighted by molar-refractivity contribution is -0.125. The average molecular weight is 231 g/mol. The summed E-state index contributed by atoms with van der Waals surface area (Å²) in [4.78, 5) is 11.6. The highest BCUT2D eigenvalue weighted by molar-refractivity contribution is 5.78. The topological polar surface area (TPSA) is 58.6 Å². The van der Waals surface area contributed by atoms with Gasteiger partial charge >= 0.3 is 0 Å². The van der Waals surface area contributed by atoms with Crippen molar-refractivity contribution in [2.24, 2.45) is 11.8 Å². The van der Waals surface area contributed by atoms with E-state index in [1.807, 2.05) is 20.8 Å². The molecular weight excluding hydrogens is 206 g/mol. The normalized spacial score (nSPS) is 14.9. The monoisotopic (exact) mass is 231 g/mol. The van der Waals surface area contributed by atoms with E-state index in [0.717, 1.165) is 0 Å². The third-order valence-electron chi connectivity index (χ3n) is 2.46. The van der Waals surface area contributed by atoms with E-state index >= 15 is 0 Å². The Morgan fingerprint density at radius 2 is 2.00 bits per heavy atom. The van der Waals surface area contributed by atoms with Crippen molar-refractivity contribution in [3.63, 3.8) is 0 Å². The Hall–Kier alpha value is -0.610. The molecule has 0 rings (SSSR count). The largest absolute Gasteiger partial charge is 0.391 e. The van der Waals surface area contributed by atoms with Gasteiger partial charge in [-0.15, -0.1) is 0 Å². The van der Waals surface area contributed by atoms with Crippen molar-refractivity contribution in [3.8, 4) is 0 Å². The van der Waals surface area contributed by atoms with Crippen LogP contribution in [0, 0.1) is 11.8 Å². The number of methoxy groups -OCH3 is 1. The Bertz CT molecular complexity index is 195. The van der Waals surface area contributed by atoms with E-state index in [9.17, 15) is 9.90 Å². The molecule has 1 amide bonds. The van der Waals surface area contributed by atoms with Crippen LogP contribution in [0.3, 0.4) is 0 Å². The molecule has 2 atom stereocenters. The Morgan fingerprint density at radius 1 is 1.38 bits per heavy atom. The number of rotatable bonds is 8. The van der Waals surface area contributed by atoms with Gasteiger partial charge in [0.25, 0.3) is 0 Å². The van der Waals surface area contributed by atoms with Crippen LogP contribution in [0.5, 0.6) is 0 Å². The second kappa shape index (κ2) is 8.53. The summed E-state index contributed by atoms with van der Waals surface area (Å²) in [5.41, 5.74) is 0. The zero-order valence-electron chi connectivity index (χ0n) is 10.8. The molecule has 0 aromatic carbocycles. The second-order valence-electron chi connectivity index (χ2n) is 4.71. The lowest BCUT2D eigenvalue weighted by Gasteiger charge is -2.16. The van der Waals surface area contributed by atoms with Crippen LogP contribution in [0.1, 0.15) is 33.6 Å². The van der Waals surface area contributed by atoms with E-state index in [2.05, 4.69) is 5.32 Å². The van der Waals surface area contributed by atoms with Gasteiger partial charge in [0.2, 0.25) is 5.91 Å². The summed E-state index contributed by atoms with van der Waals surface area (Å²) in [7, 11) is 1.62. The minimum atomic E-state index is -0.446. The van der Waals surface area contributed by atoms with Crippen LogP contribution >= 0.6 is 0 Å². The van der Waals surface area contributed by atoms with Crippen LogP contribution in [0.25, 0.3) is 0 Å². The summed E-state index contributed by atoms with van der Waals surface area (Å²) in [6, 6.07) is 0. The highest BCUT2D eigenvalue weighted by Crippen LogP contribution is 2.05. The predicted molar refractivity (Wildman–Crippen MR) is 64.1 cm³/mol. The Balaban J connectivity index is 3.70. The van der Waals surface area contributed by atoms with Crippen LogP contribution in [0.2, 0.25) is 0 Å². The molecule has 0 spiro atoms. The average Bonchev–Trinajstić information content (AvgIpc) is 2.21. The molecule has 2 unspecified atom stereocenters. The lowest BCUT2D eigenvalue weighted by atomic mass is 10.1. The van der Waals surface area contributed by atoms with Gasteiger partial charge in [0.05, 0.1) is 6.10 Å². The van der Waals surface area contributed by atoms with Crippen LogP contribution in [-0.2, 0) is 9.53 Å². The van der Waals surface area contributed by atoms with Gasteiger partial charge in [0, 0.05) is 26.2 Å². The number of hydrogen-bond acceptors (Lipinski definition) is 3. The molecule has 0 aromatic rings. The van der Waals surface area contributed by atoms with Gasteiger partial charge in [-0.05, 0) is 18.8 Å². The molecule has 0 bridgehead atoms. The van der Waals surface area contributed by atoms with Crippen LogP contribution in [-0.4, -0.2) is 37.4 Å². The zero-order chi connectivity index (χ0) is 12.6. The van der Waals surface area contributed by atoms with Gasteiger partial charge in [-0.3, -0.25) is 4.79 Å². The third kappa shape index (κ3) is 7.65. The second-order valence-corrected chi connectivity index (χ2v) is 4.71. The minimum Gasteiger partial charge on any atom is -0.391 e. The molecule has 0 heterocycles. The van der Waals surface area contributed by atoms with Gasteiger partial charge in [0.15, 0.2) is 0 Å². The number of carbonyl (C=O) groups excluding carboxylic acids is 1.